The van der Waals surface area contributed by atoms with Crippen molar-refractivity contribution in [2.75, 3.05) is 37.9 Å². The molecule has 1 amide bonds. The molecule has 0 aliphatic rings. The second-order valence-electron chi connectivity index (χ2n) is 6.34. The van der Waals surface area contributed by atoms with E-state index in [-0.39, 0.29) is 5.91 Å². The Kier molecular flexibility index (Phi) is 6.99. The fraction of sp³-hybridized carbons (Fsp3) is 0.238. The molecule has 156 valence electrons. The first kappa shape index (κ1) is 20.8. The number of rotatable bonds is 9. The van der Waals surface area contributed by atoms with Crippen molar-refractivity contribution in [2.24, 2.45) is 0 Å². The van der Waals surface area contributed by atoms with E-state index in [1.54, 1.807) is 19.2 Å². The molecule has 0 spiro atoms. The van der Waals surface area contributed by atoms with E-state index in [1.165, 1.54) is 13.3 Å². The van der Waals surface area contributed by atoms with Crippen molar-refractivity contribution < 1.29 is 14.3 Å². The summed E-state index contributed by atoms with van der Waals surface area (Å²) in [4.78, 5) is 25.0. The molecule has 3 aromatic rings. The van der Waals surface area contributed by atoms with Gasteiger partial charge in [-0.2, -0.15) is 4.98 Å². The second kappa shape index (κ2) is 10.1. The molecule has 9 heteroatoms. The minimum Gasteiger partial charge on any atom is -0.497 e. The molecule has 0 aliphatic carbocycles. The maximum absolute atomic E-state index is 12.1. The van der Waals surface area contributed by atoms with Crippen molar-refractivity contribution in [3.8, 4) is 11.6 Å². The number of benzene rings is 1. The molecular weight excluding hydrogens is 384 g/mol. The van der Waals surface area contributed by atoms with Gasteiger partial charge in [-0.15, -0.1) is 0 Å². The third-order valence-electron chi connectivity index (χ3n) is 4.12. The van der Waals surface area contributed by atoms with Gasteiger partial charge in [-0.05, 0) is 37.3 Å². The highest BCUT2D eigenvalue weighted by Crippen LogP contribution is 2.19. The molecule has 3 N–H and O–H groups in total. The normalized spacial score (nSPS) is 10.2. The zero-order valence-corrected chi connectivity index (χ0v) is 17.1. The summed E-state index contributed by atoms with van der Waals surface area (Å²) in [7, 11) is 3.16. The first-order valence-corrected chi connectivity index (χ1v) is 9.36. The number of aromatic nitrogens is 3. The number of nitrogens with one attached hydrogen (secondary N) is 3. The summed E-state index contributed by atoms with van der Waals surface area (Å²) in [5, 5.41) is 9.19. The van der Waals surface area contributed by atoms with E-state index in [1.807, 2.05) is 37.3 Å². The Morgan fingerprint density at radius 3 is 2.47 bits per heavy atom. The van der Waals surface area contributed by atoms with Crippen LogP contribution in [0.4, 0.5) is 17.5 Å². The summed E-state index contributed by atoms with van der Waals surface area (Å²) in [5.41, 5.74) is 2.17. The molecule has 0 saturated heterocycles. The molecule has 0 radical (unpaired) electrons. The minimum absolute atomic E-state index is 0.209. The number of nitrogens with zero attached hydrogens (tertiary/aromatic N) is 3. The summed E-state index contributed by atoms with van der Waals surface area (Å²) >= 11 is 0. The van der Waals surface area contributed by atoms with Crippen LogP contribution >= 0.6 is 0 Å². The van der Waals surface area contributed by atoms with Gasteiger partial charge in [0.2, 0.25) is 11.8 Å². The maximum atomic E-state index is 12.1. The Balaban J connectivity index is 1.51. The number of hydrogen-bond acceptors (Lipinski definition) is 8. The molecular formula is C21H24N6O3. The number of amides is 1. The third-order valence-corrected chi connectivity index (χ3v) is 4.12. The smallest absolute Gasteiger partial charge is 0.252 e. The third kappa shape index (κ3) is 5.81. The fourth-order valence-corrected chi connectivity index (χ4v) is 2.62. The lowest BCUT2D eigenvalue weighted by Gasteiger charge is -2.11. The predicted octanol–water partition coefficient (Wildman–Crippen LogP) is 2.78. The monoisotopic (exact) mass is 408 g/mol. The highest BCUT2D eigenvalue weighted by molar-refractivity contribution is 5.93. The molecule has 1 aromatic carbocycles. The average molecular weight is 408 g/mol. The molecule has 0 unspecified atom stereocenters. The molecule has 2 heterocycles. The Morgan fingerprint density at radius 1 is 1.00 bits per heavy atom. The van der Waals surface area contributed by atoms with Gasteiger partial charge in [-0.1, -0.05) is 0 Å². The Bertz CT molecular complexity index is 977. The van der Waals surface area contributed by atoms with E-state index in [0.717, 1.165) is 17.1 Å². The number of anilines is 3. The number of hydrogen-bond donors (Lipinski definition) is 3. The molecule has 0 saturated carbocycles. The summed E-state index contributed by atoms with van der Waals surface area (Å²) in [6.07, 6.45) is 1.47. The zero-order valence-electron chi connectivity index (χ0n) is 17.1. The molecule has 0 bridgehead atoms. The summed E-state index contributed by atoms with van der Waals surface area (Å²) in [5.74, 6) is 2.19. The minimum atomic E-state index is -0.209. The number of carbonyl (C=O) groups excluding carboxylic acids is 1. The van der Waals surface area contributed by atoms with Crippen molar-refractivity contribution in [3.05, 3.63) is 59.9 Å². The SMILES string of the molecule is COc1ccc(Nc2cc(C)nc(NCCNC(=O)c3ccc(OC)nc3)n2)cc1. The van der Waals surface area contributed by atoms with Crippen LogP contribution in [-0.2, 0) is 0 Å². The number of carbonyl (C=O) groups is 1. The van der Waals surface area contributed by atoms with Crippen LogP contribution < -0.4 is 25.4 Å². The maximum Gasteiger partial charge on any atom is 0.252 e. The van der Waals surface area contributed by atoms with Crippen molar-refractivity contribution in [2.45, 2.75) is 6.92 Å². The van der Waals surface area contributed by atoms with Crippen LogP contribution in [0.25, 0.3) is 0 Å². The standard InChI is InChI=1S/C21H24N6O3/c1-14-12-18(26-16-5-7-17(29-2)8-6-16)27-21(25-14)23-11-10-22-20(28)15-4-9-19(30-3)24-13-15/h4-9,12-13H,10-11H2,1-3H3,(H,22,28)(H2,23,25,26,27). The molecule has 3 rings (SSSR count). The average Bonchev–Trinajstić information content (AvgIpc) is 2.77. The van der Waals surface area contributed by atoms with Crippen molar-refractivity contribution in [1.82, 2.24) is 20.3 Å². The lowest BCUT2D eigenvalue weighted by Crippen LogP contribution is -2.29. The number of methoxy groups -OCH3 is 2. The van der Waals surface area contributed by atoms with Crippen LogP contribution in [0.3, 0.4) is 0 Å². The van der Waals surface area contributed by atoms with Crippen LogP contribution in [0.15, 0.2) is 48.7 Å². The van der Waals surface area contributed by atoms with Gasteiger partial charge in [0, 0.05) is 42.8 Å². The van der Waals surface area contributed by atoms with Crippen molar-refractivity contribution >= 4 is 23.4 Å². The quantitative estimate of drug-likeness (QED) is 0.464. The molecule has 2 aromatic heterocycles. The molecule has 0 fully saturated rings. The van der Waals surface area contributed by atoms with Crippen LogP contribution in [0, 0.1) is 6.92 Å². The van der Waals surface area contributed by atoms with Gasteiger partial charge in [0.05, 0.1) is 19.8 Å². The van der Waals surface area contributed by atoms with Crippen LogP contribution in [0.1, 0.15) is 16.1 Å². The highest BCUT2D eigenvalue weighted by atomic mass is 16.5. The summed E-state index contributed by atoms with van der Waals surface area (Å²) in [6.45, 7) is 2.77. The van der Waals surface area contributed by atoms with Crippen LogP contribution in [-0.4, -0.2) is 48.2 Å². The largest absolute Gasteiger partial charge is 0.497 e. The van der Waals surface area contributed by atoms with Crippen molar-refractivity contribution in [1.29, 1.82) is 0 Å². The summed E-state index contributed by atoms with van der Waals surface area (Å²) in [6, 6.07) is 12.7. The zero-order chi connectivity index (χ0) is 21.3. The Morgan fingerprint density at radius 2 is 1.80 bits per heavy atom. The number of ether oxygens (including phenoxy) is 2. The summed E-state index contributed by atoms with van der Waals surface area (Å²) < 4.78 is 10.2. The van der Waals surface area contributed by atoms with Gasteiger partial charge in [-0.25, -0.2) is 9.97 Å². The van der Waals surface area contributed by atoms with E-state index in [0.29, 0.717) is 36.3 Å². The van der Waals surface area contributed by atoms with Gasteiger partial charge in [0.1, 0.15) is 11.6 Å². The number of aryl methyl sites for hydroxylation is 1. The molecule has 0 aliphatic heterocycles. The lowest BCUT2D eigenvalue weighted by molar-refractivity contribution is 0.0954. The second-order valence-corrected chi connectivity index (χ2v) is 6.34. The number of pyridine rings is 1. The highest BCUT2D eigenvalue weighted by Gasteiger charge is 2.07. The van der Waals surface area contributed by atoms with Gasteiger partial charge in [0.25, 0.3) is 5.91 Å². The predicted molar refractivity (Wildman–Crippen MR) is 115 cm³/mol. The first-order valence-electron chi connectivity index (χ1n) is 9.36. The van der Waals surface area contributed by atoms with E-state index < -0.39 is 0 Å². The first-order chi connectivity index (χ1) is 14.6. The lowest BCUT2D eigenvalue weighted by atomic mass is 10.2. The molecule has 0 atom stereocenters. The van der Waals surface area contributed by atoms with E-state index in [2.05, 4.69) is 30.9 Å². The van der Waals surface area contributed by atoms with E-state index in [4.69, 9.17) is 9.47 Å². The van der Waals surface area contributed by atoms with Crippen LogP contribution in [0.2, 0.25) is 0 Å². The van der Waals surface area contributed by atoms with Crippen molar-refractivity contribution in [3.63, 3.8) is 0 Å². The molecule has 30 heavy (non-hydrogen) atoms. The van der Waals surface area contributed by atoms with Gasteiger partial charge in [-0.3, -0.25) is 4.79 Å². The molecule has 9 nitrogen and oxygen atoms in total. The van der Waals surface area contributed by atoms with Gasteiger partial charge in [0.15, 0.2) is 0 Å². The van der Waals surface area contributed by atoms with Gasteiger partial charge >= 0.3 is 0 Å². The fourth-order valence-electron chi connectivity index (χ4n) is 2.62. The van der Waals surface area contributed by atoms with Crippen LogP contribution in [0.5, 0.6) is 11.6 Å². The Labute approximate surface area is 174 Å². The van der Waals surface area contributed by atoms with Gasteiger partial charge < -0.3 is 25.4 Å². The Hall–Kier alpha value is -3.88. The van der Waals surface area contributed by atoms with E-state index >= 15 is 0 Å². The topological polar surface area (TPSA) is 110 Å². The van der Waals surface area contributed by atoms with E-state index in [9.17, 15) is 4.79 Å².